The molecular weight excluding hydrogens is 236 g/mol. The molecule has 2 aromatic heterocycles. The lowest BCUT2D eigenvalue weighted by molar-refractivity contribution is 0.103. The maximum atomic E-state index is 12.6. The SMILES string of the molecule is Cc1cccnc1C(=O)c1cncc2ccccc12. The molecule has 0 fully saturated rings. The number of carbonyl (C=O) groups is 1. The maximum absolute atomic E-state index is 12.6. The molecule has 92 valence electrons. The number of carbonyl (C=O) groups excluding carboxylic acids is 1. The number of fused-ring (bicyclic) bond motifs is 1. The number of pyridine rings is 2. The van der Waals surface area contributed by atoms with Crippen LogP contribution in [-0.4, -0.2) is 15.8 Å². The Balaban J connectivity index is 2.20. The van der Waals surface area contributed by atoms with Gasteiger partial charge in [0.1, 0.15) is 5.69 Å². The van der Waals surface area contributed by atoms with Crippen LogP contribution in [0.1, 0.15) is 21.6 Å². The second-order valence-electron chi connectivity index (χ2n) is 4.41. The third-order valence-electron chi connectivity index (χ3n) is 3.14. The number of nitrogens with zero attached hydrogens (tertiary/aromatic N) is 2. The smallest absolute Gasteiger partial charge is 0.213 e. The van der Waals surface area contributed by atoms with Crippen LogP contribution in [0.4, 0.5) is 0 Å². The van der Waals surface area contributed by atoms with Gasteiger partial charge in [0.05, 0.1) is 5.56 Å². The van der Waals surface area contributed by atoms with Gasteiger partial charge in [-0.25, -0.2) is 0 Å². The highest BCUT2D eigenvalue weighted by molar-refractivity contribution is 6.15. The molecular formula is C16H12N2O. The monoisotopic (exact) mass is 248 g/mol. The predicted octanol–water partition coefficient (Wildman–Crippen LogP) is 3.17. The number of ketones is 1. The number of hydrogen-bond donors (Lipinski definition) is 0. The van der Waals surface area contributed by atoms with Crippen molar-refractivity contribution in [2.75, 3.05) is 0 Å². The molecule has 0 radical (unpaired) electrons. The molecule has 0 unspecified atom stereocenters. The van der Waals surface area contributed by atoms with Gasteiger partial charge in [0, 0.05) is 24.0 Å². The Morgan fingerprint density at radius 1 is 1.05 bits per heavy atom. The first-order valence-corrected chi connectivity index (χ1v) is 6.06. The van der Waals surface area contributed by atoms with Crippen molar-refractivity contribution in [1.82, 2.24) is 9.97 Å². The summed E-state index contributed by atoms with van der Waals surface area (Å²) in [6, 6.07) is 11.5. The fourth-order valence-electron chi connectivity index (χ4n) is 2.15. The van der Waals surface area contributed by atoms with Gasteiger partial charge in [0.25, 0.3) is 0 Å². The number of aryl methyl sites for hydroxylation is 1. The lowest BCUT2D eigenvalue weighted by Gasteiger charge is -2.06. The van der Waals surface area contributed by atoms with Gasteiger partial charge in [-0.1, -0.05) is 30.3 Å². The molecule has 3 heteroatoms. The zero-order valence-corrected chi connectivity index (χ0v) is 10.5. The van der Waals surface area contributed by atoms with Crippen LogP contribution in [0.5, 0.6) is 0 Å². The van der Waals surface area contributed by atoms with Crippen molar-refractivity contribution in [3.05, 3.63) is 71.8 Å². The molecule has 0 bridgehead atoms. The Labute approximate surface area is 111 Å². The van der Waals surface area contributed by atoms with E-state index in [0.717, 1.165) is 16.3 Å². The second kappa shape index (κ2) is 4.61. The second-order valence-corrected chi connectivity index (χ2v) is 4.41. The lowest BCUT2D eigenvalue weighted by Crippen LogP contribution is -2.07. The minimum atomic E-state index is -0.0811. The number of benzene rings is 1. The average Bonchev–Trinajstić information content (AvgIpc) is 2.46. The summed E-state index contributed by atoms with van der Waals surface area (Å²) in [5.41, 5.74) is 1.96. The van der Waals surface area contributed by atoms with E-state index in [0.29, 0.717) is 11.3 Å². The molecule has 0 amide bonds. The van der Waals surface area contributed by atoms with Crippen molar-refractivity contribution < 1.29 is 4.79 Å². The van der Waals surface area contributed by atoms with Crippen LogP contribution in [0.15, 0.2) is 55.0 Å². The Kier molecular flexibility index (Phi) is 2.80. The van der Waals surface area contributed by atoms with E-state index in [1.165, 1.54) is 0 Å². The van der Waals surface area contributed by atoms with Gasteiger partial charge in [-0.15, -0.1) is 0 Å². The van der Waals surface area contributed by atoms with E-state index in [1.807, 2.05) is 43.3 Å². The summed E-state index contributed by atoms with van der Waals surface area (Å²) < 4.78 is 0. The van der Waals surface area contributed by atoms with Crippen molar-refractivity contribution in [3.8, 4) is 0 Å². The molecule has 0 atom stereocenters. The Bertz CT molecular complexity index is 760. The molecule has 0 aliphatic rings. The predicted molar refractivity (Wildman–Crippen MR) is 74.1 cm³/mol. The summed E-state index contributed by atoms with van der Waals surface area (Å²) in [5, 5.41) is 1.87. The van der Waals surface area contributed by atoms with Crippen LogP contribution in [0.2, 0.25) is 0 Å². The van der Waals surface area contributed by atoms with Gasteiger partial charge < -0.3 is 0 Å². The molecule has 0 aliphatic carbocycles. The van der Waals surface area contributed by atoms with E-state index < -0.39 is 0 Å². The highest BCUT2D eigenvalue weighted by Gasteiger charge is 2.15. The summed E-state index contributed by atoms with van der Waals surface area (Å²) in [7, 11) is 0. The first-order chi connectivity index (χ1) is 9.27. The van der Waals surface area contributed by atoms with Crippen molar-refractivity contribution in [1.29, 1.82) is 0 Å². The van der Waals surface area contributed by atoms with Crippen molar-refractivity contribution in [3.63, 3.8) is 0 Å². The number of rotatable bonds is 2. The van der Waals surface area contributed by atoms with Gasteiger partial charge in [-0.3, -0.25) is 14.8 Å². The molecule has 3 rings (SSSR count). The fraction of sp³-hybridized carbons (Fsp3) is 0.0625. The van der Waals surface area contributed by atoms with Crippen LogP contribution >= 0.6 is 0 Å². The Morgan fingerprint density at radius 3 is 2.74 bits per heavy atom. The van der Waals surface area contributed by atoms with Crippen LogP contribution in [0, 0.1) is 6.92 Å². The molecule has 19 heavy (non-hydrogen) atoms. The van der Waals surface area contributed by atoms with Crippen LogP contribution in [-0.2, 0) is 0 Å². The maximum Gasteiger partial charge on any atom is 0.213 e. The van der Waals surface area contributed by atoms with Gasteiger partial charge in [0.2, 0.25) is 5.78 Å². The van der Waals surface area contributed by atoms with Crippen LogP contribution in [0.25, 0.3) is 10.8 Å². The standard InChI is InChI=1S/C16H12N2O/c1-11-5-4-8-18-15(11)16(19)14-10-17-9-12-6-2-3-7-13(12)14/h2-10H,1H3. The summed E-state index contributed by atoms with van der Waals surface area (Å²) in [6.45, 7) is 1.89. The third kappa shape index (κ3) is 1.99. The topological polar surface area (TPSA) is 42.9 Å². The van der Waals surface area contributed by atoms with E-state index in [9.17, 15) is 4.79 Å². The minimum absolute atomic E-state index is 0.0811. The first-order valence-electron chi connectivity index (χ1n) is 6.06. The van der Waals surface area contributed by atoms with E-state index in [2.05, 4.69) is 9.97 Å². The van der Waals surface area contributed by atoms with Crippen LogP contribution < -0.4 is 0 Å². The van der Waals surface area contributed by atoms with E-state index >= 15 is 0 Å². The van der Waals surface area contributed by atoms with Gasteiger partial charge >= 0.3 is 0 Å². The largest absolute Gasteiger partial charge is 0.287 e. The molecule has 3 aromatic rings. The average molecular weight is 248 g/mol. The van der Waals surface area contributed by atoms with E-state index in [1.54, 1.807) is 18.6 Å². The minimum Gasteiger partial charge on any atom is -0.287 e. The number of hydrogen-bond acceptors (Lipinski definition) is 3. The van der Waals surface area contributed by atoms with Crippen molar-refractivity contribution in [2.24, 2.45) is 0 Å². The highest BCUT2D eigenvalue weighted by atomic mass is 16.1. The Hall–Kier alpha value is -2.55. The van der Waals surface area contributed by atoms with Gasteiger partial charge in [0.15, 0.2) is 0 Å². The molecule has 0 N–H and O–H groups in total. The summed E-state index contributed by atoms with van der Waals surface area (Å²) in [4.78, 5) is 20.9. The molecule has 0 spiro atoms. The fourth-order valence-corrected chi connectivity index (χ4v) is 2.15. The summed E-state index contributed by atoms with van der Waals surface area (Å²) in [5.74, 6) is -0.0811. The molecule has 0 saturated carbocycles. The molecule has 3 nitrogen and oxygen atoms in total. The van der Waals surface area contributed by atoms with Crippen molar-refractivity contribution >= 4 is 16.6 Å². The Morgan fingerprint density at radius 2 is 1.89 bits per heavy atom. The van der Waals surface area contributed by atoms with E-state index in [-0.39, 0.29) is 5.78 Å². The molecule has 2 heterocycles. The van der Waals surface area contributed by atoms with Crippen molar-refractivity contribution in [2.45, 2.75) is 6.92 Å². The quantitative estimate of drug-likeness (QED) is 0.654. The molecule has 1 aromatic carbocycles. The zero-order chi connectivity index (χ0) is 13.2. The third-order valence-corrected chi connectivity index (χ3v) is 3.14. The zero-order valence-electron chi connectivity index (χ0n) is 10.5. The van der Waals surface area contributed by atoms with Gasteiger partial charge in [-0.2, -0.15) is 0 Å². The van der Waals surface area contributed by atoms with Gasteiger partial charge in [-0.05, 0) is 23.9 Å². The number of aromatic nitrogens is 2. The first kappa shape index (κ1) is 11.5. The lowest BCUT2D eigenvalue weighted by atomic mass is 10.0. The molecule has 0 aliphatic heterocycles. The van der Waals surface area contributed by atoms with E-state index in [4.69, 9.17) is 0 Å². The molecule has 0 saturated heterocycles. The summed E-state index contributed by atoms with van der Waals surface area (Å²) in [6.07, 6.45) is 5.01. The van der Waals surface area contributed by atoms with Crippen LogP contribution in [0.3, 0.4) is 0 Å². The highest BCUT2D eigenvalue weighted by Crippen LogP contribution is 2.20. The normalized spacial score (nSPS) is 10.6. The summed E-state index contributed by atoms with van der Waals surface area (Å²) >= 11 is 0.